The first-order chi connectivity index (χ1) is 11.2. The summed E-state index contributed by atoms with van der Waals surface area (Å²) in [7, 11) is 3.49. The molecule has 0 aromatic carbocycles. The molecule has 0 aliphatic carbocycles. The molecule has 1 saturated heterocycles. The summed E-state index contributed by atoms with van der Waals surface area (Å²) in [6.07, 6.45) is 3.26. The van der Waals surface area contributed by atoms with Crippen molar-refractivity contribution >= 4 is 28.9 Å². The van der Waals surface area contributed by atoms with E-state index in [9.17, 15) is 0 Å². The van der Waals surface area contributed by atoms with Gasteiger partial charge in [0.25, 0.3) is 0 Å². The van der Waals surface area contributed by atoms with E-state index in [-0.39, 0.29) is 0 Å². The molecule has 8 heteroatoms. The predicted octanol–water partition coefficient (Wildman–Crippen LogP) is 1.90. The average Bonchev–Trinajstić information content (AvgIpc) is 2.61. The van der Waals surface area contributed by atoms with Crippen LogP contribution in [0.25, 0.3) is 0 Å². The van der Waals surface area contributed by atoms with Gasteiger partial charge >= 0.3 is 0 Å². The summed E-state index contributed by atoms with van der Waals surface area (Å²) in [5.74, 6) is 2.58. The minimum Gasteiger partial charge on any atom is -0.497 e. The van der Waals surface area contributed by atoms with E-state index >= 15 is 0 Å². The molecule has 0 amide bonds. The Kier molecular flexibility index (Phi) is 4.66. The van der Waals surface area contributed by atoms with Gasteiger partial charge in [0.05, 0.1) is 7.11 Å². The monoisotopic (exact) mass is 334 g/mol. The molecule has 0 unspecified atom stereocenters. The number of aromatic nitrogens is 3. The number of nitrogens with zero attached hydrogens (tertiary/aromatic N) is 5. The van der Waals surface area contributed by atoms with Crippen LogP contribution in [0.1, 0.15) is 0 Å². The van der Waals surface area contributed by atoms with Crippen LogP contribution < -0.4 is 19.9 Å². The second-order valence-corrected chi connectivity index (χ2v) is 5.50. The van der Waals surface area contributed by atoms with Crippen molar-refractivity contribution in [3.05, 3.63) is 29.8 Å². The first-order valence-electron chi connectivity index (χ1n) is 7.41. The minimum absolute atomic E-state index is 0.439. The van der Waals surface area contributed by atoms with Crippen molar-refractivity contribution in [1.29, 1.82) is 0 Å². The Morgan fingerprint density at radius 2 is 1.87 bits per heavy atom. The largest absolute Gasteiger partial charge is 0.497 e. The van der Waals surface area contributed by atoms with Crippen molar-refractivity contribution < 1.29 is 4.74 Å². The number of halogens is 1. The molecule has 3 rings (SSSR count). The molecule has 2 aromatic heterocycles. The van der Waals surface area contributed by atoms with Gasteiger partial charge in [-0.3, -0.25) is 0 Å². The second kappa shape index (κ2) is 6.87. The van der Waals surface area contributed by atoms with Gasteiger partial charge in [-0.05, 0) is 6.07 Å². The number of rotatable bonds is 4. The van der Waals surface area contributed by atoms with Crippen LogP contribution in [-0.2, 0) is 0 Å². The quantitative estimate of drug-likeness (QED) is 0.856. The Hall–Kier alpha value is -2.28. The van der Waals surface area contributed by atoms with E-state index < -0.39 is 0 Å². The summed E-state index contributed by atoms with van der Waals surface area (Å²) in [5.41, 5.74) is 0.766. The molecule has 1 N–H and O–H groups in total. The van der Waals surface area contributed by atoms with Crippen LogP contribution in [-0.4, -0.2) is 55.3 Å². The third-order valence-electron chi connectivity index (χ3n) is 3.89. The molecule has 0 bridgehead atoms. The van der Waals surface area contributed by atoms with Crippen LogP contribution in [0, 0.1) is 0 Å². The summed E-state index contributed by atoms with van der Waals surface area (Å²) in [5, 5.41) is 3.52. The van der Waals surface area contributed by atoms with E-state index in [2.05, 4.69) is 30.1 Å². The summed E-state index contributed by atoms with van der Waals surface area (Å²) in [4.78, 5) is 17.3. The Morgan fingerprint density at radius 3 is 2.57 bits per heavy atom. The molecule has 0 spiro atoms. The van der Waals surface area contributed by atoms with E-state index in [1.807, 2.05) is 19.2 Å². The molecule has 1 aliphatic heterocycles. The fourth-order valence-corrected chi connectivity index (χ4v) is 2.88. The van der Waals surface area contributed by atoms with Gasteiger partial charge in [0.2, 0.25) is 0 Å². The van der Waals surface area contributed by atoms with Crippen LogP contribution >= 0.6 is 11.6 Å². The fourth-order valence-electron chi connectivity index (χ4n) is 2.66. The maximum atomic E-state index is 6.13. The molecular weight excluding hydrogens is 316 g/mol. The molecule has 2 aromatic rings. The standard InChI is InChI=1S/C15H19ClN6O/c1-17-13-14(16)19-10-20-15(13)22-7-5-21(6-8-22)12-9-11(23-2)3-4-18-12/h3-4,9-10,17H,5-8H2,1-2H3. The van der Waals surface area contributed by atoms with Crippen molar-refractivity contribution in [2.45, 2.75) is 0 Å². The summed E-state index contributed by atoms with van der Waals surface area (Å²) in [6, 6.07) is 3.80. The zero-order valence-electron chi connectivity index (χ0n) is 13.2. The van der Waals surface area contributed by atoms with Gasteiger partial charge in [-0.25, -0.2) is 15.0 Å². The number of ether oxygens (including phenoxy) is 1. The highest BCUT2D eigenvalue weighted by molar-refractivity contribution is 6.32. The maximum Gasteiger partial charge on any atom is 0.157 e. The highest BCUT2D eigenvalue weighted by atomic mass is 35.5. The van der Waals surface area contributed by atoms with Gasteiger partial charge in [0, 0.05) is 45.5 Å². The van der Waals surface area contributed by atoms with E-state index in [1.54, 1.807) is 13.3 Å². The first-order valence-corrected chi connectivity index (χ1v) is 7.79. The zero-order valence-corrected chi connectivity index (χ0v) is 13.9. The molecule has 1 aliphatic rings. The van der Waals surface area contributed by atoms with Gasteiger partial charge in [0.15, 0.2) is 11.0 Å². The van der Waals surface area contributed by atoms with E-state index in [0.717, 1.165) is 49.3 Å². The van der Waals surface area contributed by atoms with Crippen LogP contribution in [0.2, 0.25) is 5.15 Å². The molecular formula is C15H19ClN6O. The number of pyridine rings is 1. The topological polar surface area (TPSA) is 66.4 Å². The number of methoxy groups -OCH3 is 1. The Balaban J connectivity index is 1.72. The Bertz CT molecular complexity index is 675. The van der Waals surface area contributed by atoms with E-state index in [1.165, 1.54) is 6.33 Å². The van der Waals surface area contributed by atoms with Crippen molar-refractivity contribution in [3.8, 4) is 5.75 Å². The number of hydrogen-bond acceptors (Lipinski definition) is 7. The van der Waals surface area contributed by atoms with E-state index in [0.29, 0.717) is 5.15 Å². The SMILES string of the molecule is CNc1c(Cl)ncnc1N1CCN(c2cc(OC)ccn2)CC1. The van der Waals surface area contributed by atoms with Crippen molar-refractivity contribution in [2.75, 3.05) is 55.5 Å². The second-order valence-electron chi connectivity index (χ2n) is 5.14. The Morgan fingerprint density at radius 1 is 1.13 bits per heavy atom. The van der Waals surface area contributed by atoms with Crippen LogP contribution in [0.3, 0.4) is 0 Å². The summed E-state index contributed by atoms with van der Waals surface area (Å²) >= 11 is 6.13. The van der Waals surface area contributed by atoms with Gasteiger partial charge < -0.3 is 19.9 Å². The number of nitrogens with one attached hydrogen (secondary N) is 1. The van der Waals surface area contributed by atoms with Crippen LogP contribution in [0.4, 0.5) is 17.3 Å². The molecule has 3 heterocycles. The fraction of sp³-hybridized carbons (Fsp3) is 0.400. The Labute approximate surface area is 140 Å². The average molecular weight is 335 g/mol. The first kappa shape index (κ1) is 15.6. The van der Waals surface area contributed by atoms with Crippen LogP contribution in [0.15, 0.2) is 24.7 Å². The molecule has 122 valence electrons. The molecule has 1 fully saturated rings. The smallest absolute Gasteiger partial charge is 0.157 e. The molecule has 0 radical (unpaired) electrons. The molecule has 7 nitrogen and oxygen atoms in total. The summed E-state index contributed by atoms with van der Waals surface area (Å²) < 4.78 is 5.26. The lowest BCUT2D eigenvalue weighted by molar-refractivity contribution is 0.414. The highest BCUT2D eigenvalue weighted by Crippen LogP contribution is 2.30. The van der Waals surface area contributed by atoms with Crippen molar-refractivity contribution in [3.63, 3.8) is 0 Å². The normalized spacial score (nSPS) is 14.7. The van der Waals surface area contributed by atoms with Gasteiger partial charge in [-0.2, -0.15) is 0 Å². The number of hydrogen-bond donors (Lipinski definition) is 1. The number of anilines is 3. The third-order valence-corrected chi connectivity index (χ3v) is 4.17. The van der Waals surface area contributed by atoms with Crippen LogP contribution in [0.5, 0.6) is 5.75 Å². The molecule has 0 atom stereocenters. The third kappa shape index (κ3) is 3.24. The molecule has 0 saturated carbocycles. The van der Waals surface area contributed by atoms with Gasteiger partial charge in [0.1, 0.15) is 23.6 Å². The lowest BCUT2D eigenvalue weighted by Crippen LogP contribution is -2.47. The predicted molar refractivity (Wildman–Crippen MR) is 91.8 cm³/mol. The maximum absolute atomic E-state index is 6.13. The van der Waals surface area contributed by atoms with Gasteiger partial charge in [-0.15, -0.1) is 0 Å². The highest BCUT2D eigenvalue weighted by Gasteiger charge is 2.22. The van der Waals surface area contributed by atoms with Gasteiger partial charge in [-0.1, -0.05) is 11.6 Å². The molecule has 23 heavy (non-hydrogen) atoms. The lowest BCUT2D eigenvalue weighted by Gasteiger charge is -2.36. The van der Waals surface area contributed by atoms with Crippen molar-refractivity contribution in [2.24, 2.45) is 0 Å². The number of piperazine rings is 1. The van der Waals surface area contributed by atoms with E-state index in [4.69, 9.17) is 16.3 Å². The summed E-state index contributed by atoms with van der Waals surface area (Å²) in [6.45, 7) is 3.37. The van der Waals surface area contributed by atoms with Crippen molar-refractivity contribution in [1.82, 2.24) is 15.0 Å². The lowest BCUT2D eigenvalue weighted by atomic mass is 10.3. The zero-order chi connectivity index (χ0) is 16.2. The minimum atomic E-state index is 0.439.